The van der Waals surface area contributed by atoms with Gasteiger partial charge in [0.1, 0.15) is 12.1 Å². The standard InChI is InChI=1S/C21H23N5O2/c1-25-11-9-21(28,20(25)27)8-7-15-4-2-5-16(12-15)26-10-3-6-18-17(13-26)19(22)24-14-23-18/h2,4-5,12,14,28H,3,6,9-11,13H2,1H3,(H2,22,23,24). The molecule has 1 fully saturated rings. The molecule has 28 heavy (non-hydrogen) atoms. The number of hydrogen-bond donors (Lipinski definition) is 2. The van der Waals surface area contributed by atoms with E-state index in [-0.39, 0.29) is 5.91 Å². The highest BCUT2D eigenvalue weighted by molar-refractivity contribution is 5.90. The Hall–Kier alpha value is -3.11. The third-order valence-electron chi connectivity index (χ3n) is 5.39. The molecular formula is C21H23N5O2. The number of amides is 1. The zero-order valence-electron chi connectivity index (χ0n) is 15.9. The van der Waals surface area contributed by atoms with E-state index in [9.17, 15) is 9.90 Å². The lowest BCUT2D eigenvalue weighted by atomic mass is 10.0. The summed E-state index contributed by atoms with van der Waals surface area (Å²) in [6.07, 6.45) is 3.70. The molecule has 1 unspecified atom stereocenters. The Balaban J connectivity index is 1.59. The van der Waals surface area contributed by atoms with Crippen LogP contribution in [0.3, 0.4) is 0 Å². The summed E-state index contributed by atoms with van der Waals surface area (Å²) in [4.78, 5) is 24.3. The minimum atomic E-state index is -1.59. The van der Waals surface area contributed by atoms with Gasteiger partial charge in [-0.2, -0.15) is 0 Å². The number of hydrogen-bond acceptors (Lipinski definition) is 6. The maximum absolute atomic E-state index is 12.1. The van der Waals surface area contributed by atoms with Gasteiger partial charge >= 0.3 is 0 Å². The van der Waals surface area contributed by atoms with Gasteiger partial charge in [-0.15, -0.1) is 0 Å². The van der Waals surface area contributed by atoms with Crippen LogP contribution in [0, 0.1) is 11.8 Å². The molecule has 1 atom stereocenters. The lowest BCUT2D eigenvalue weighted by Crippen LogP contribution is -2.37. The Kier molecular flexibility index (Phi) is 4.65. The maximum Gasteiger partial charge on any atom is 0.267 e. The second-order valence-corrected chi connectivity index (χ2v) is 7.35. The summed E-state index contributed by atoms with van der Waals surface area (Å²) in [6, 6.07) is 7.82. The van der Waals surface area contributed by atoms with E-state index in [0.29, 0.717) is 25.3 Å². The number of rotatable bonds is 1. The van der Waals surface area contributed by atoms with Crippen LogP contribution in [0.2, 0.25) is 0 Å². The van der Waals surface area contributed by atoms with E-state index < -0.39 is 5.60 Å². The first-order valence-corrected chi connectivity index (χ1v) is 9.41. The van der Waals surface area contributed by atoms with Crippen molar-refractivity contribution in [2.24, 2.45) is 0 Å². The Labute approximate surface area is 164 Å². The molecule has 1 aromatic heterocycles. The van der Waals surface area contributed by atoms with Crippen molar-refractivity contribution < 1.29 is 9.90 Å². The molecule has 7 nitrogen and oxygen atoms in total. The molecule has 2 aliphatic heterocycles. The van der Waals surface area contributed by atoms with Gasteiger partial charge in [-0.1, -0.05) is 17.9 Å². The number of likely N-dealkylation sites (tertiary alicyclic amines) is 1. The zero-order chi connectivity index (χ0) is 19.7. The molecule has 0 spiro atoms. The second kappa shape index (κ2) is 7.13. The Morgan fingerprint density at radius 1 is 1.29 bits per heavy atom. The number of nitrogens with zero attached hydrogens (tertiary/aromatic N) is 4. The van der Waals surface area contributed by atoms with Gasteiger partial charge in [-0.05, 0) is 31.0 Å². The molecule has 2 aromatic rings. The summed E-state index contributed by atoms with van der Waals surface area (Å²) in [5.41, 5.74) is 8.25. The van der Waals surface area contributed by atoms with Crippen molar-refractivity contribution in [2.45, 2.75) is 31.4 Å². The lowest BCUT2D eigenvalue weighted by Gasteiger charge is -2.23. The number of fused-ring (bicyclic) bond motifs is 1. The third-order valence-corrected chi connectivity index (χ3v) is 5.39. The normalized spacial score (nSPS) is 21.7. The predicted molar refractivity (Wildman–Crippen MR) is 106 cm³/mol. The van der Waals surface area contributed by atoms with Crippen molar-refractivity contribution in [3.05, 3.63) is 47.4 Å². The minimum Gasteiger partial charge on any atom is -0.383 e. The molecule has 4 rings (SSSR count). The number of carbonyl (C=O) groups excluding carboxylic acids is 1. The fourth-order valence-corrected chi connectivity index (χ4v) is 3.71. The molecule has 0 bridgehead atoms. The first-order valence-electron chi connectivity index (χ1n) is 9.41. The predicted octanol–water partition coefficient (Wildman–Crippen LogP) is 0.956. The minimum absolute atomic E-state index is 0.331. The third kappa shape index (κ3) is 3.39. The monoisotopic (exact) mass is 377 g/mol. The Bertz CT molecular complexity index is 980. The first-order chi connectivity index (χ1) is 13.5. The summed E-state index contributed by atoms with van der Waals surface area (Å²) >= 11 is 0. The van der Waals surface area contributed by atoms with Crippen molar-refractivity contribution in [2.75, 3.05) is 30.8 Å². The van der Waals surface area contributed by atoms with Crippen LogP contribution in [0.1, 0.15) is 29.7 Å². The zero-order valence-corrected chi connectivity index (χ0v) is 15.9. The smallest absolute Gasteiger partial charge is 0.267 e. The summed E-state index contributed by atoms with van der Waals surface area (Å²) in [6.45, 7) is 2.03. The molecule has 1 aromatic carbocycles. The van der Waals surface area contributed by atoms with Gasteiger partial charge in [-0.25, -0.2) is 9.97 Å². The summed E-state index contributed by atoms with van der Waals surface area (Å²) in [7, 11) is 1.68. The molecule has 3 N–H and O–H groups in total. The van der Waals surface area contributed by atoms with Crippen LogP contribution in [0.5, 0.6) is 0 Å². The van der Waals surface area contributed by atoms with E-state index in [1.54, 1.807) is 7.05 Å². The number of carbonyl (C=O) groups is 1. The molecule has 0 saturated carbocycles. The summed E-state index contributed by atoms with van der Waals surface area (Å²) < 4.78 is 0. The topological polar surface area (TPSA) is 95.6 Å². The highest BCUT2D eigenvalue weighted by atomic mass is 16.3. The van der Waals surface area contributed by atoms with Gasteiger partial charge in [-0.3, -0.25) is 4.79 Å². The van der Waals surface area contributed by atoms with Gasteiger partial charge in [0.2, 0.25) is 5.60 Å². The number of nitrogen functional groups attached to an aromatic ring is 1. The van der Waals surface area contributed by atoms with E-state index in [1.807, 2.05) is 24.3 Å². The fourth-order valence-electron chi connectivity index (χ4n) is 3.71. The molecule has 1 saturated heterocycles. The van der Waals surface area contributed by atoms with Crippen LogP contribution in [0.15, 0.2) is 30.6 Å². The van der Waals surface area contributed by atoms with Crippen LogP contribution in [0.4, 0.5) is 11.5 Å². The fraction of sp³-hybridized carbons (Fsp3) is 0.381. The largest absolute Gasteiger partial charge is 0.383 e. The van der Waals surface area contributed by atoms with Crippen LogP contribution in [-0.2, 0) is 17.8 Å². The number of aryl methyl sites for hydroxylation is 1. The van der Waals surface area contributed by atoms with Crippen molar-refractivity contribution in [1.29, 1.82) is 0 Å². The Morgan fingerprint density at radius 3 is 2.93 bits per heavy atom. The molecule has 2 aliphatic rings. The summed E-state index contributed by atoms with van der Waals surface area (Å²) in [5.74, 6) is 5.95. The van der Waals surface area contributed by atoms with E-state index in [0.717, 1.165) is 41.9 Å². The van der Waals surface area contributed by atoms with E-state index in [4.69, 9.17) is 5.73 Å². The van der Waals surface area contributed by atoms with Crippen LogP contribution < -0.4 is 10.6 Å². The van der Waals surface area contributed by atoms with Crippen LogP contribution in [-0.4, -0.2) is 51.6 Å². The average Bonchev–Trinajstić information content (AvgIpc) is 2.88. The van der Waals surface area contributed by atoms with Crippen LogP contribution in [0.25, 0.3) is 0 Å². The molecule has 0 aliphatic carbocycles. The van der Waals surface area contributed by atoms with Gasteiger partial charge in [0, 0.05) is 49.9 Å². The number of likely N-dealkylation sites (N-methyl/N-ethyl adjacent to an activating group) is 1. The Morgan fingerprint density at radius 2 is 2.14 bits per heavy atom. The first kappa shape index (κ1) is 18.3. The molecule has 3 heterocycles. The van der Waals surface area contributed by atoms with E-state index >= 15 is 0 Å². The lowest BCUT2D eigenvalue weighted by molar-refractivity contribution is -0.137. The number of benzene rings is 1. The number of anilines is 2. The van der Waals surface area contributed by atoms with Crippen molar-refractivity contribution >= 4 is 17.4 Å². The number of nitrogens with two attached hydrogens (primary N) is 1. The van der Waals surface area contributed by atoms with E-state index in [1.165, 1.54) is 11.2 Å². The quantitative estimate of drug-likeness (QED) is 0.719. The van der Waals surface area contributed by atoms with Gasteiger partial charge in [0.25, 0.3) is 5.91 Å². The van der Waals surface area contributed by atoms with Gasteiger partial charge in [0.15, 0.2) is 0 Å². The molecule has 1 amide bonds. The number of aromatic nitrogens is 2. The SMILES string of the molecule is CN1CCC(O)(C#Cc2cccc(N3CCCc4ncnc(N)c4C3)c2)C1=O. The van der Waals surface area contributed by atoms with Gasteiger partial charge in [0.05, 0.1) is 5.69 Å². The number of aliphatic hydroxyl groups is 1. The van der Waals surface area contributed by atoms with Crippen LogP contribution >= 0.6 is 0 Å². The van der Waals surface area contributed by atoms with Gasteiger partial charge < -0.3 is 20.6 Å². The highest BCUT2D eigenvalue weighted by Gasteiger charge is 2.42. The maximum atomic E-state index is 12.1. The summed E-state index contributed by atoms with van der Waals surface area (Å²) in [5, 5.41) is 10.5. The van der Waals surface area contributed by atoms with Crippen molar-refractivity contribution in [3.63, 3.8) is 0 Å². The molecule has 144 valence electrons. The molecule has 0 radical (unpaired) electrons. The average molecular weight is 377 g/mol. The van der Waals surface area contributed by atoms with Crippen molar-refractivity contribution in [3.8, 4) is 11.8 Å². The van der Waals surface area contributed by atoms with Crippen molar-refractivity contribution in [1.82, 2.24) is 14.9 Å². The second-order valence-electron chi connectivity index (χ2n) is 7.35. The van der Waals surface area contributed by atoms with E-state index in [2.05, 4.69) is 26.7 Å². The highest BCUT2D eigenvalue weighted by Crippen LogP contribution is 2.26. The molecule has 7 heteroatoms. The molecular weight excluding hydrogens is 354 g/mol.